The number of benzene rings is 1. The normalized spacial score (nSPS) is 10.6. The highest BCUT2D eigenvalue weighted by atomic mass is 32.1. The van der Waals surface area contributed by atoms with E-state index in [1.54, 1.807) is 11.3 Å². The molecule has 2 aromatic rings. The van der Waals surface area contributed by atoms with E-state index in [0.29, 0.717) is 13.0 Å². The van der Waals surface area contributed by atoms with E-state index in [-0.39, 0.29) is 12.0 Å². The quantitative estimate of drug-likeness (QED) is 0.885. The smallest absolute Gasteiger partial charge is 0.225 e. The van der Waals surface area contributed by atoms with Gasteiger partial charge in [0.05, 0.1) is 12.5 Å². The Labute approximate surface area is 123 Å². The average Bonchev–Trinajstić information content (AvgIpc) is 2.90. The molecule has 0 unspecified atom stereocenters. The number of rotatable bonds is 6. The SMILES string of the molecule is CC(C)Oc1ccc(CNC(=O)Cc2cccs2)cc1. The molecule has 0 aliphatic carbocycles. The van der Waals surface area contributed by atoms with Crippen molar-refractivity contribution in [3.63, 3.8) is 0 Å². The van der Waals surface area contributed by atoms with Gasteiger partial charge in [-0.15, -0.1) is 11.3 Å². The minimum atomic E-state index is 0.0509. The van der Waals surface area contributed by atoms with E-state index >= 15 is 0 Å². The number of nitrogens with one attached hydrogen (secondary N) is 1. The lowest BCUT2D eigenvalue weighted by atomic mass is 10.2. The van der Waals surface area contributed by atoms with Crippen molar-refractivity contribution >= 4 is 17.2 Å². The molecule has 3 nitrogen and oxygen atoms in total. The van der Waals surface area contributed by atoms with Crippen LogP contribution in [0.3, 0.4) is 0 Å². The van der Waals surface area contributed by atoms with E-state index in [0.717, 1.165) is 16.2 Å². The van der Waals surface area contributed by atoms with Crippen molar-refractivity contribution in [3.8, 4) is 5.75 Å². The van der Waals surface area contributed by atoms with Crippen LogP contribution < -0.4 is 10.1 Å². The van der Waals surface area contributed by atoms with Crippen LogP contribution in [0.15, 0.2) is 41.8 Å². The highest BCUT2D eigenvalue weighted by Gasteiger charge is 2.04. The first kappa shape index (κ1) is 14.6. The molecule has 1 aromatic heterocycles. The molecule has 0 atom stereocenters. The number of carbonyl (C=O) groups excluding carboxylic acids is 1. The van der Waals surface area contributed by atoms with Gasteiger partial charge in [-0.05, 0) is 43.0 Å². The van der Waals surface area contributed by atoms with Crippen LogP contribution in [0, 0.1) is 0 Å². The van der Waals surface area contributed by atoms with E-state index in [4.69, 9.17) is 4.74 Å². The van der Waals surface area contributed by atoms with Crippen LogP contribution in [0.5, 0.6) is 5.75 Å². The van der Waals surface area contributed by atoms with E-state index in [1.165, 1.54) is 0 Å². The minimum Gasteiger partial charge on any atom is -0.491 e. The molecule has 0 bridgehead atoms. The molecule has 2 rings (SSSR count). The molecule has 0 fully saturated rings. The van der Waals surface area contributed by atoms with Gasteiger partial charge < -0.3 is 10.1 Å². The summed E-state index contributed by atoms with van der Waals surface area (Å²) in [6, 6.07) is 11.7. The molecule has 0 radical (unpaired) electrons. The lowest BCUT2D eigenvalue weighted by Crippen LogP contribution is -2.24. The van der Waals surface area contributed by atoms with Crippen LogP contribution in [0.1, 0.15) is 24.3 Å². The molecule has 1 amide bonds. The number of hydrogen-bond donors (Lipinski definition) is 1. The predicted octanol–water partition coefficient (Wildman–Crippen LogP) is 3.39. The van der Waals surface area contributed by atoms with Crippen LogP contribution in [-0.4, -0.2) is 12.0 Å². The Balaban J connectivity index is 1.80. The maximum atomic E-state index is 11.8. The molecule has 1 N–H and O–H groups in total. The fraction of sp³-hybridized carbons (Fsp3) is 0.312. The zero-order valence-corrected chi connectivity index (χ0v) is 12.6. The fourth-order valence-electron chi connectivity index (χ4n) is 1.79. The Bertz CT molecular complexity index is 532. The Morgan fingerprint density at radius 1 is 1.25 bits per heavy atom. The van der Waals surface area contributed by atoms with Crippen molar-refractivity contribution in [1.29, 1.82) is 0 Å². The molecule has 0 aliphatic rings. The second-order valence-electron chi connectivity index (χ2n) is 4.84. The average molecular weight is 289 g/mol. The predicted molar refractivity (Wildman–Crippen MR) is 82.1 cm³/mol. The second-order valence-corrected chi connectivity index (χ2v) is 5.88. The van der Waals surface area contributed by atoms with Crippen molar-refractivity contribution in [3.05, 3.63) is 52.2 Å². The van der Waals surface area contributed by atoms with E-state index in [9.17, 15) is 4.79 Å². The van der Waals surface area contributed by atoms with Gasteiger partial charge in [-0.1, -0.05) is 18.2 Å². The van der Waals surface area contributed by atoms with Crippen molar-refractivity contribution < 1.29 is 9.53 Å². The molecule has 20 heavy (non-hydrogen) atoms. The number of thiophene rings is 1. The van der Waals surface area contributed by atoms with Crippen molar-refractivity contribution in [2.75, 3.05) is 0 Å². The molecule has 1 aromatic carbocycles. The van der Waals surface area contributed by atoms with Crippen LogP contribution in [0.25, 0.3) is 0 Å². The zero-order valence-electron chi connectivity index (χ0n) is 11.8. The maximum Gasteiger partial charge on any atom is 0.225 e. The summed E-state index contributed by atoms with van der Waals surface area (Å²) in [5, 5.41) is 4.91. The van der Waals surface area contributed by atoms with Gasteiger partial charge in [-0.2, -0.15) is 0 Å². The monoisotopic (exact) mass is 289 g/mol. The van der Waals surface area contributed by atoms with E-state index in [2.05, 4.69) is 5.32 Å². The van der Waals surface area contributed by atoms with Gasteiger partial charge in [-0.3, -0.25) is 4.79 Å². The van der Waals surface area contributed by atoms with Crippen LogP contribution >= 0.6 is 11.3 Å². The molecule has 4 heteroatoms. The zero-order chi connectivity index (χ0) is 14.4. The third-order valence-corrected chi connectivity index (χ3v) is 3.58. The van der Waals surface area contributed by atoms with Crippen LogP contribution in [-0.2, 0) is 17.8 Å². The van der Waals surface area contributed by atoms with Crippen LogP contribution in [0.2, 0.25) is 0 Å². The lowest BCUT2D eigenvalue weighted by Gasteiger charge is -2.10. The topological polar surface area (TPSA) is 38.3 Å². The van der Waals surface area contributed by atoms with Crippen molar-refractivity contribution in [1.82, 2.24) is 5.32 Å². The van der Waals surface area contributed by atoms with Gasteiger partial charge in [0.1, 0.15) is 5.75 Å². The van der Waals surface area contributed by atoms with E-state index in [1.807, 2.05) is 55.6 Å². The van der Waals surface area contributed by atoms with Gasteiger partial charge in [0.2, 0.25) is 5.91 Å². The second kappa shape index (κ2) is 7.10. The van der Waals surface area contributed by atoms with E-state index < -0.39 is 0 Å². The molecule has 1 heterocycles. The first-order chi connectivity index (χ1) is 9.63. The van der Waals surface area contributed by atoms with Crippen LogP contribution in [0.4, 0.5) is 0 Å². The maximum absolute atomic E-state index is 11.8. The highest BCUT2D eigenvalue weighted by molar-refractivity contribution is 7.10. The number of ether oxygens (including phenoxy) is 1. The Hall–Kier alpha value is -1.81. The summed E-state index contributed by atoms with van der Waals surface area (Å²) in [7, 11) is 0. The molecular formula is C16H19NO2S. The fourth-order valence-corrected chi connectivity index (χ4v) is 2.50. The summed E-state index contributed by atoms with van der Waals surface area (Å²) in [5.41, 5.74) is 1.07. The standard InChI is InChI=1S/C16H19NO2S/c1-12(2)19-14-7-5-13(6-8-14)11-17-16(18)10-15-4-3-9-20-15/h3-9,12H,10-11H2,1-2H3,(H,17,18). The summed E-state index contributed by atoms with van der Waals surface area (Å²) in [4.78, 5) is 12.9. The third-order valence-electron chi connectivity index (χ3n) is 2.70. The minimum absolute atomic E-state index is 0.0509. The molecule has 0 saturated heterocycles. The van der Waals surface area contributed by atoms with Crippen molar-refractivity contribution in [2.24, 2.45) is 0 Å². The van der Waals surface area contributed by atoms with Crippen molar-refractivity contribution in [2.45, 2.75) is 32.9 Å². The number of hydrogen-bond acceptors (Lipinski definition) is 3. The van der Waals surface area contributed by atoms with Gasteiger partial charge >= 0.3 is 0 Å². The van der Waals surface area contributed by atoms with Gasteiger partial charge in [-0.25, -0.2) is 0 Å². The van der Waals surface area contributed by atoms with Gasteiger partial charge in [0.25, 0.3) is 0 Å². The largest absolute Gasteiger partial charge is 0.491 e. The molecule has 0 aliphatic heterocycles. The summed E-state index contributed by atoms with van der Waals surface area (Å²) in [5.74, 6) is 0.906. The third kappa shape index (κ3) is 4.70. The molecule has 106 valence electrons. The number of amides is 1. The summed E-state index contributed by atoms with van der Waals surface area (Å²) < 4.78 is 5.58. The first-order valence-electron chi connectivity index (χ1n) is 6.68. The summed E-state index contributed by atoms with van der Waals surface area (Å²) in [6.07, 6.45) is 0.623. The Morgan fingerprint density at radius 3 is 2.60 bits per heavy atom. The highest BCUT2D eigenvalue weighted by Crippen LogP contribution is 2.14. The summed E-state index contributed by atoms with van der Waals surface area (Å²) >= 11 is 1.60. The number of carbonyl (C=O) groups is 1. The molecular weight excluding hydrogens is 270 g/mol. The Morgan fingerprint density at radius 2 is 2.00 bits per heavy atom. The lowest BCUT2D eigenvalue weighted by molar-refractivity contribution is -0.120. The molecule has 0 saturated carbocycles. The Kier molecular flexibility index (Phi) is 5.18. The van der Waals surface area contributed by atoms with Gasteiger partial charge in [0, 0.05) is 11.4 Å². The van der Waals surface area contributed by atoms with Gasteiger partial charge in [0.15, 0.2) is 0 Å². The molecule has 0 spiro atoms. The summed E-state index contributed by atoms with van der Waals surface area (Å²) in [6.45, 7) is 4.55. The first-order valence-corrected chi connectivity index (χ1v) is 7.56.